The van der Waals surface area contributed by atoms with Crippen molar-refractivity contribution in [1.82, 2.24) is 19.2 Å². The number of carbonyl (C=O) groups is 1. The van der Waals surface area contributed by atoms with Crippen LogP contribution in [0.2, 0.25) is 0 Å². The molecule has 2 aromatic heterocycles. The number of pyridine rings is 1. The third kappa shape index (κ3) is 4.78. The topological polar surface area (TPSA) is 73.9 Å². The van der Waals surface area contributed by atoms with Crippen LogP contribution < -0.4 is 0 Å². The van der Waals surface area contributed by atoms with Gasteiger partial charge in [-0.3, -0.25) is 9.69 Å². The summed E-state index contributed by atoms with van der Waals surface area (Å²) in [7, 11) is 0. The molecule has 1 aliphatic heterocycles. The van der Waals surface area contributed by atoms with Gasteiger partial charge in [0.1, 0.15) is 5.65 Å². The summed E-state index contributed by atoms with van der Waals surface area (Å²) in [6, 6.07) is 7.90. The lowest BCUT2D eigenvalue weighted by atomic mass is 10.2. The zero-order valence-electron chi connectivity index (χ0n) is 14.3. The van der Waals surface area contributed by atoms with Crippen LogP contribution in [0.15, 0.2) is 30.6 Å². The molecule has 3 rings (SSSR count). The minimum absolute atomic E-state index is 0.0203. The van der Waals surface area contributed by atoms with Crippen molar-refractivity contribution >= 4 is 11.6 Å². The van der Waals surface area contributed by atoms with Crippen molar-refractivity contribution < 1.29 is 9.53 Å². The number of imidazole rings is 1. The zero-order valence-corrected chi connectivity index (χ0v) is 14.3. The first-order valence-corrected chi connectivity index (χ1v) is 8.64. The molecule has 2 aromatic rings. The number of carbonyl (C=O) groups excluding carboxylic acids is 1. The second-order valence-electron chi connectivity index (χ2n) is 6.12. The number of nitrogens with zero attached hydrogens (tertiary/aromatic N) is 5. The maximum Gasteiger partial charge on any atom is 0.228 e. The van der Waals surface area contributed by atoms with Gasteiger partial charge in [-0.2, -0.15) is 5.26 Å². The average Bonchev–Trinajstić information content (AvgIpc) is 3.04. The molecule has 0 aromatic carbocycles. The predicted molar refractivity (Wildman–Crippen MR) is 93.0 cm³/mol. The largest absolute Gasteiger partial charge is 0.379 e. The van der Waals surface area contributed by atoms with Crippen molar-refractivity contribution in [3.05, 3.63) is 36.3 Å². The van der Waals surface area contributed by atoms with Crippen LogP contribution in [0.5, 0.6) is 0 Å². The summed E-state index contributed by atoms with van der Waals surface area (Å²) in [5, 5.41) is 8.87. The van der Waals surface area contributed by atoms with Crippen LogP contribution in [0.4, 0.5) is 0 Å². The number of morpholine rings is 1. The second-order valence-corrected chi connectivity index (χ2v) is 6.12. The highest BCUT2D eigenvalue weighted by atomic mass is 16.5. The minimum Gasteiger partial charge on any atom is -0.379 e. The molecule has 0 bridgehead atoms. The highest BCUT2D eigenvalue weighted by Crippen LogP contribution is 2.08. The lowest BCUT2D eigenvalue weighted by molar-refractivity contribution is -0.130. The standard InChI is InChI=1S/C18H23N5O2/c19-5-3-7-22(9-8-21-10-12-25-13-11-21)18(24)14-16-15-23-6-2-1-4-17(23)20-16/h1-2,4,6,15H,3,7-14H2. The number of hydrogen-bond acceptors (Lipinski definition) is 5. The van der Waals surface area contributed by atoms with E-state index in [1.165, 1.54) is 0 Å². The Bertz CT molecular complexity index is 712. The van der Waals surface area contributed by atoms with Crippen molar-refractivity contribution in [1.29, 1.82) is 5.26 Å². The third-order valence-electron chi connectivity index (χ3n) is 4.38. The fourth-order valence-electron chi connectivity index (χ4n) is 2.97. The van der Waals surface area contributed by atoms with Crippen molar-refractivity contribution in [2.24, 2.45) is 0 Å². The maximum absolute atomic E-state index is 12.7. The molecule has 25 heavy (non-hydrogen) atoms. The first kappa shape index (κ1) is 17.4. The highest BCUT2D eigenvalue weighted by molar-refractivity contribution is 5.78. The van der Waals surface area contributed by atoms with Crippen LogP contribution in [-0.2, 0) is 16.0 Å². The SMILES string of the molecule is N#CCCN(CCN1CCOCC1)C(=O)Cc1cn2ccccc2n1. The van der Waals surface area contributed by atoms with Crippen LogP contribution in [0, 0.1) is 11.3 Å². The number of fused-ring (bicyclic) bond motifs is 1. The van der Waals surface area contributed by atoms with E-state index in [4.69, 9.17) is 10.00 Å². The highest BCUT2D eigenvalue weighted by Gasteiger charge is 2.18. The van der Waals surface area contributed by atoms with E-state index in [-0.39, 0.29) is 12.3 Å². The van der Waals surface area contributed by atoms with Crippen molar-refractivity contribution in [3.8, 4) is 6.07 Å². The number of amides is 1. The molecule has 7 nitrogen and oxygen atoms in total. The summed E-state index contributed by atoms with van der Waals surface area (Å²) < 4.78 is 7.26. The molecular formula is C18H23N5O2. The number of ether oxygens (including phenoxy) is 1. The lowest BCUT2D eigenvalue weighted by Crippen LogP contribution is -2.43. The number of aromatic nitrogens is 2. The summed E-state index contributed by atoms with van der Waals surface area (Å²) in [5.41, 5.74) is 1.59. The van der Waals surface area contributed by atoms with Gasteiger partial charge in [0, 0.05) is 45.1 Å². The Morgan fingerprint density at radius 1 is 1.32 bits per heavy atom. The van der Waals surface area contributed by atoms with E-state index in [1.54, 1.807) is 4.90 Å². The summed E-state index contributed by atoms with van der Waals surface area (Å²) in [6.07, 6.45) is 4.41. The van der Waals surface area contributed by atoms with Gasteiger partial charge in [0.05, 0.1) is 37.8 Å². The van der Waals surface area contributed by atoms with Crippen LogP contribution in [0.1, 0.15) is 12.1 Å². The molecule has 1 aliphatic rings. The monoisotopic (exact) mass is 341 g/mol. The molecule has 0 unspecified atom stereocenters. The number of nitriles is 1. The molecule has 1 fully saturated rings. The van der Waals surface area contributed by atoms with Gasteiger partial charge in [-0.15, -0.1) is 0 Å². The Morgan fingerprint density at radius 2 is 2.16 bits per heavy atom. The van der Waals surface area contributed by atoms with Gasteiger partial charge >= 0.3 is 0 Å². The zero-order chi connectivity index (χ0) is 17.5. The first-order valence-electron chi connectivity index (χ1n) is 8.64. The van der Waals surface area contributed by atoms with Gasteiger partial charge in [-0.05, 0) is 12.1 Å². The number of hydrogen-bond donors (Lipinski definition) is 0. The molecule has 0 atom stereocenters. The maximum atomic E-state index is 12.7. The van der Waals surface area contributed by atoms with E-state index >= 15 is 0 Å². The summed E-state index contributed by atoms with van der Waals surface area (Å²) in [5.74, 6) is 0.0203. The van der Waals surface area contributed by atoms with E-state index in [9.17, 15) is 4.79 Å². The lowest BCUT2D eigenvalue weighted by Gasteiger charge is -2.29. The summed E-state index contributed by atoms with van der Waals surface area (Å²) in [4.78, 5) is 21.3. The van der Waals surface area contributed by atoms with Gasteiger partial charge in [0.25, 0.3) is 0 Å². The van der Waals surface area contributed by atoms with Crippen molar-refractivity contribution in [3.63, 3.8) is 0 Å². The molecule has 1 saturated heterocycles. The van der Waals surface area contributed by atoms with Gasteiger partial charge < -0.3 is 14.0 Å². The predicted octanol–water partition coefficient (Wildman–Crippen LogP) is 0.951. The molecular weight excluding hydrogens is 318 g/mol. The Hall–Kier alpha value is -2.43. The average molecular weight is 341 g/mol. The fraction of sp³-hybridized carbons (Fsp3) is 0.500. The quantitative estimate of drug-likeness (QED) is 0.750. The molecule has 3 heterocycles. The molecule has 1 amide bonds. The van der Waals surface area contributed by atoms with Gasteiger partial charge in [-0.1, -0.05) is 6.07 Å². The third-order valence-corrected chi connectivity index (χ3v) is 4.38. The van der Waals surface area contributed by atoms with Crippen LogP contribution in [0.25, 0.3) is 5.65 Å². The van der Waals surface area contributed by atoms with Crippen LogP contribution >= 0.6 is 0 Å². The molecule has 7 heteroatoms. The Kier molecular flexibility index (Phi) is 5.99. The minimum atomic E-state index is 0.0203. The number of rotatable bonds is 7. The first-order chi connectivity index (χ1) is 12.3. The summed E-state index contributed by atoms with van der Waals surface area (Å²) >= 11 is 0. The van der Waals surface area contributed by atoms with Crippen molar-refractivity contribution in [2.45, 2.75) is 12.8 Å². The van der Waals surface area contributed by atoms with Gasteiger partial charge in [0.15, 0.2) is 0 Å². The van der Waals surface area contributed by atoms with E-state index < -0.39 is 0 Å². The molecule has 0 aliphatic carbocycles. The molecule has 0 saturated carbocycles. The van der Waals surface area contributed by atoms with Crippen LogP contribution in [0.3, 0.4) is 0 Å². The Balaban J connectivity index is 1.60. The normalized spacial score (nSPS) is 15.2. The van der Waals surface area contributed by atoms with E-state index in [0.29, 0.717) is 19.5 Å². The smallest absolute Gasteiger partial charge is 0.228 e. The Morgan fingerprint density at radius 3 is 2.92 bits per heavy atom. The van der Waals surface area contributed by atoms with Gasteiger partial charge in [-0.25, -0.2) is 4.98 Å². The molecule has 0 N–H and O–H groups in total. The fourth-order valence-corrected chi connectivity index (χ4v) is 2.97. The molecule has 0 radical (unpaired) electrons. The molecule has 132 valence electrons. The van der Waals surface area contributed by atoms with E-state index in [1.807, 2.05) is 35.0 Å². The van der Waals surface area contributed by atoms with E-state index in [0.717, 1.165) is 44.2 Å². The van der Waals surface area contributed by atoms with E-state index in [2.05, 4.69) is 16.0 Å². The van der Waals surface area contributed by atoms with Crippen molar-refractivity contribution in [2.75, 3.05) is 45.9 Å². The Labute approximate surface area is 147 Å². The molecule has 0 spiro atoms. The second kappa shape index (κ2) is 8.60. The van der Waals surface area contributed by atoms with Crippen LogP contribution in [-0.4, -0.2) is 71.0 Å². The van der Waals surface area contributed by atoms with Gasteiger partial charge in [0.2, 0.25) is 5.91 Å². The summed E-state index contributed by atoms with van der Waals surface area (Å²) in [6.45, 7) is 5.19.